The van der Waals surface area contributed by atoms with Gasteiger partial charge in [0, 0.05) is 18.8 Å². The molecule has 3 aromatic rings. The molecule has 0 fully saturated rings. The lowest BCUT2D eigenvalue weighted by Gasteiger charge is -2.16. The van der Waals surface area contributed by atoms with Crippen LogP contribution in [-0.2, 0) is 12.3 Å². The number of anilines is 1. The number of nitrogens with one attached hydrogen (secondary N) is 2. The molecule has 0 aliphatic heterocycles. The third-order valence-electron chi connectivity index (χ3n) is 3.95. The minimum absolute atomic E-state index is 0.0752. The van der Waals surface area contributed by atoms with E-state index < -0.39 is 29.5 Å². The molecule has 6 nitrogen and oxygen atoms in total. The summed E-state index contributed by atoms with van der Waals surface area (Å²) in [6.07, 6.45) is 2.56. The lowest BCUT2D eigenvalue weighted by molar-refractivity contribution is 0.00589. The molecule has 0 aromatic carbocycles. The summed E-state index contributed by atoms with van der Waals surface area (Å²) >= 11 is 5.98. The SMILES string of the molecule is Cc1ccnc(Cc2nc(NCC(F)(F)c3ccccn3)c(=O)[nH]c2Cl)c1F. The van der Waals surface area contributed by atoms with Crippen LogP contribution in [0, 0.1) is 12.7 Å². The maximum Gasteiger partial charge on any atom is 0.306 e. The molecule has 10 heteroatoms. The van der Waals surface area contributed by atoms with Gasteiger partial charge in [-0.3, -0.25) is 14.8 Å². The maximum atomic E-state index is 14.2. The van der Waals surface area contributed by atoms with Crippen molar-refractivity contribution in [2.24, 2.45) is 0 Å². The van der Waals surface area contributed by atoms with E-state index in [0.717, 1.165) is 0 Å². The van der Waals surface area contributed by atoms with E-state index in [1.165, 1.54) is 36.7 Å². The molecular formula is C18H15ClF3N5O. The number of pyridine rings is 2. The van der Waals surface area contributed by atoms with Crippen molar-refractivity contribution >= 4 is 17.4 Å². The van der Waals surface area contributed by atoms with Gasteiger partial charge in [0.2, 0.25) is 0 Å². The Bertz CT molecular complexity index is 1040. The van der Waals surface area contributed by atoms with Crippen LogP contribution in [0.3, 0.4) is 0 Å². The van der Waals surface area contributed by atoms with Crippen molar-refractivity contribution in [3.05, 3.63) is 80.6 Å². The maximum absolute atomic E-state index is 14.2. The number of alkyl halides is 2. The molecule has 0 aliphatic rings. The zero-order valence-corrected chi connectivity index (χ0v) is 15.4. The van der Waals surface area contributed by atoms with E-state index in [0.29, 0.717) is 5.56 Å². The molecule has 3 aromatic heterocycles. The molecule has 0 saturated carbocycles. The fourth-order valence-electron chi connectivity index (χ4n) is 2.45. The molecule has 0 saturated heterocycles. The highest BCUT2D eigenvalue weighted by Gasteiger charge is 2.33. The molecule has 0 atom stereocenters. The highest BCUT2D eigenvalue weighted by atomic mass is 35.5. The summed E-state index contributed by atoms with van der Waals surface area (Å²) in [4.78, 5) is 25.9. The number of nitrogens with zero attached hydrogens (tertiary/aromatic N) is 3. The number of aryl methyl sites for hydroxylation is 1. The molecule has 0 amide bonds. The second-order valence-electron chi connectivity index (χ2n) is 6.01. The number of aromatic amines is 1. The Morgan fingerprint density at radius 3 is 2.68 bits per heavy atom. The van der Waals surface area contributed by atoms with Crippen molar-refractivity contribution in [2.45, 2.75) is 19.3 Å². The van der Waals surface area contributed by atoms with E-state index >= 15 is 0 Å². The van der Waals surface area contributed by atoms with Crippen molar-refractivity contribution in [2.75, 3.05) is 11.9 Å². The molecule has 3 rings (SSSR count). The summed E-state index contributed by atoms with van der Waals surface area (Å²) in [6, 6.07) is 5.64. The van der Waals surface area contributed by atoms with Gasteiger partial charge in [-0.1, -0.05) is 17.7 Å². The Morgan fingerprint density at radius 1 is 1.18 bits per heavy atom. The molecule has 28 heavy (non-hydrogen) atoms. The van der Waals surface area contributed by atoms with Crippen molar-refractivity contribution < 1.29 is 13.2 Å². The van der Waals surface area contributed by atoms with E-state index in [1.807, 2.05) is 0 Å². The molecule has 0 aliphatic carbocycles. The molecule has 146 valence electrons. The predicted octanol–water partition coefficient (Wildman–Crippen LogP) is 3.46. The minimum Gasteiger partial charge on any atom is -0.359 e. The Balaban J connectivity index is 1.84. The van der Waals surface area contributed by atoms with Gasteiger partial charge in [-0.05, 0) is 30.7 Å². The first-order chi connectivity index (χ1) is 13.3. The van der Waals surface area contributed by atoms with Crippen LogP contribution in [0.4, 0.5) is 19.0 Å². The molecule has 3 heterocycles. The van der Waals surface area contributed by atoms with Gasteiger partial charge in [0.15, 0.2) is 5.82 Å². The van der Waals surface area contributed by atoms with Gasteiger partial charge in [0.25, 0.3) is 5.56 Å². The van der Waals surface area contributed by atoms with Gasteiger partial charge >= 0.3 is 5.92 Å². The highest BCUT2D eigenvalue weighted by molar-refractivity contribution is 6.30. The Labute approximate surface area is 162 Å². The van der Waals surface area contributed by atoms with Crippen molar-refractivity contribution in [3.63, 3.8) is 0 Å². The highest BCUT2D eigenvalue weighted by Crippen LogP contribution is 2.26. The van der Waals surface area contributed by atoms with E-state index in [4.69, 9.17) is 11.6 Å². The van der Waals surface area contributed by atoms with E-state index in [1.54, 1.807) is 6.92 Å². The fourth-order valence-corrected chi connectivity index (χ4v) is 2.64. The number of rotatable bonds is 6. The fraction of sp³-hybridized carbons (Fsp3) is 0.222. The molecule has 2 N–H and O–H groups in total. The van der Waals surface area contributed by atoms with Crippen molar-refractivity contribution in [1.82, 2.24) is 19.9 Å². The Kier molecular flexibility index (Phi) is 5.64. The van der Waals surface area contributed by atoms with Crippen LogP contribution >= 0.6 is 11.6 Å². The molecule has 0 unspecified atom stereocenters. The number of H-pyrrole nitrogens is 1. The smallest absolute Gasteiger partial charge is 0.306 e. The van der Waals surface area contributed by atoms with Crippen LogP contribution in [0.2, 0.25) is 5.15 Å². The first-order valence-electron chi connectivity index (χ1n) is 8.20. The largest absolute Gasteiger partial charge is 0.359 e. The topological polar surface area (TPSA) is 83.6 Å². The van der Waals surface area contributed by atoms with Gasteiger partial charge in [-0.15, -0.1) is 0 Å². The van der Waals surface area contributed by atoms with Crippen molar-refractivity contribution in [1.29, 1.82) is 0 Å². The van der Waals surface area contributed by atoms with Gasteiger partial charge in [0.05, 0.1) is 17.9 Å². The number of hydrogen-bond acceptors (Lipinski definition) is 5. The number of aromatic nitrogens is 4. The lowest BCUT2D eigenvalue weighted by atomic mass is 10.1. The second kappa shape index (κ2) is 7.97. The van der Waals surface area contributed by atoms with E-state index in [-0.39, 0.29) is 28.8 Å². The zero-order valence-electron chi connectivity index (χ0n) is 14.6. The van der Waals surface area contributed by atoms with Crippen LogP contribution in [0.5, 0.6) is 0 Å². The first kappa shape index (κ1) is 19.8. The first-order valence-corrected chi connectivity index (χ1v) is 8.57. The number of hydrogen-bond donors (Lipinski definition) is 2. The average Bonchev–Trinajstić information content (AvgIpc) is 2.67. The van der Waals surface area contributed by atoms with Gasteiger partial charge in [-0.25, -0.2) is 9.37 Å². The van der Waals surface area contributed by atoms with Gasteiger partial charge in [-0.2, -0.15) is 8.78 Å². The molecule has 0 radical (unpaired) electrons. The summed E-state index contributed by atoms with van der Waals surface area (Å²) in [5.41, 5.74) is -0.658. The lowest BCUT2D eigenvalue weighted by Crippen LogP contribution is -2.29. The van der Waals surface area contributed by atoms with Crippen LogP contribution in [-0.4, -0.2) is 26.5 Å². The normalized spacial score (nSPS) is 11.5. The van der Waals surface area contributed by atoms with E-state index in [2.05, 4.69) is 25.3 Å². The zero-order chi connectivity index (χ0) is 20.3. The summed E-state index contributed by atoms with van der Waals surface area (Å²) in [6.45, 7) is 0.674. The summed E-state index contributed by atoms with van der Waals surface area (Å²) in [7, 11) is 0. The van der Waals surface area contributed by atoms with Crippen molar-refractivity contribution in [3.8, 4) is 0 Å². The van der Waals surface area contributed by atoms with Crippen LogP contribution in [0.1, 0.15) is 22.6 Å². The van der Waals surface area contributed by atoms with Gasteiger partial charge < -0.3 is 10.3 Å². The standard InChI is InChI=1S/C18H15ClF3N5O/c1-10-5-7-23-11(14(10)20)8-12-15(19)27-17(28)16(26-12)25-9-18(21,22)13-4-2-3-6-24-13/h2-7H,8-9H2,1H3,(H,25,26)(H,27,28). The molecule has 0 spiro atoms. The third kappa shape index (κ3) is 4.30. The average molecular weight is 410 g/mol. The summed E-state index contributed by atoms with van der Waals surface area (Å²) in [5, 5.41) is 2.20. The van der Waals surface area contributed by atoms with Crippen LogP contribution in [0.25, 0.3) is 0 Å². The summed E-state index contributed by atoms with van der Waals surface area (Å²) in [5.74, 6) is -4.22. The third-order valence-corrected chi connectivity index (χ3v) is 4.26. The van der Waals surface area contributed by atoms with Crippen LogP contribution < -0.4 is 10.9 Å². The predicted molar refractivity (Wildman–Crippen MR) is 98.2 cm³/mol. The Morgan fingerprint density at radius 2 is 1.96 bits per heavy atom. The Hall–Kier alpha value is -2.94. The quantitative estimate of drug-likeness (QED) is 0.651. The summed E-state index contributed by atoms with van der Waals surface area (Å²) < 4.78 is 42.7. The second-order valence-corrected chi connectivity index (χ2v) is 6.39. The minimum atomic E-state index is -3.33. The monoisotopic (exact) mass is 409 g/mol. The molecular weight excluding hydrogens is 395 g/mol. The van der Waals surface area contributed by atoms with Crippen LogP contribution in [0.15, 0.2) is 41.5 Å². The van der Waals surface area contributed by atoms with Gasteiger partial charge in [0.1, 0.15) is 16.7 Å². The number of halogens is 4. The van der Waals surface area contributed by atoms with E-state index in [9.17, 15) is 18.0 Å². The molecule has 0 bridgehead atoms.